The standard InChI is InChI=1S/C16H21N3O/c1-4-14-6-5-7-15(11-14)17-16(20)10-13(3)19-9-8-12(2)18-19/h5-9,11,13H,4,10H2,1-3H3,(H,17,20). The SMILES string of the molecule is CCc1cccc(NC(=O)CC(C)n2ccc(C)n2)c1. The largest absolute Gasteiger partial charge is 0.326 e. The molecule has 4 nitrogen and oxygen atoms in total. The van der Waals surface area contributed by atoms with Crippen molar-refractivity contribution in [1.29, 1.82) is 0 Å². The second-order valence-corrected chi connectivity index (χ2v) is 5.09. The van der Waals surface area contributed by atoms with Crippen molar-refractivity contribution in [3.63, 3.8) is 0 Å². The summed E-state index contributed by atoms with van der Waals surface area (Å²) in [7, 11) is 0. The lowest BCUT2D eigenvalue weighted by Crippen LogP contribution is -2.18. The van der Waals surface area contributed by atoms with Gasteiger partial charge in [-0.1, -0.05) is 19.1 Å². The number of anilines is 1. The minimum absolute atomic E-state index is 0.0129. The van der Waals surface area contributed by atoms with E-state index in [4.69, 9.17) is 0 Å². The normalized spacial score (nSPS) is 12.2. The molecule has 4 heteroatoms. The van der Waals surface area contributed by atoms with Gasteiger partial charge in [0.25, 0.3) is 0 Å². The van der Waals surface area contributed by atoms with Gasteiger partial charge >= 0.3 is 0 Å². The van der Waals surface area contributed by atoms with Crippen LogP contribution in [0.15, 0.2) is 36.5 Å². The van der Waals surface area contributed by atoms with Gasteiger partial charge in [-0.25, -0.2) is 0 Å². The first-order valence-electron chi connectivity index (χ1n) is 6.99. The summed E-state index contributed by atoms with van der Waals surface area (Å²) in [5.74, 6) is 0.0129. The summed E-state index contributed by atoms with van der Waals surface area (Å²) in [4.78, 5) is 12.1. The van der Waals surface area contributed by atoms with E-state index in [9.17, 15) is 4.79 Å². The van der Waals surface area contributed by atoms with E-state index in [0.29, 0.717) is 6.42 Å². The predicted molar refractivity (Wildman–Crippen MR) is 80.7 cm³/mol. The molecule has 1 aromatic carbocycles. The van der Waals surface area contributed by atoms with E-state index in [0.717, 1.165) is 17.8 Å². The molecule has 1 atom stereocenters. The van der Waals surface area contributed by atoms with E-state index in [2.05, 4.69) is 23.4 Å². The molecule has 2 rings (SSSR count). The number of carbonyl (C=O) groups excluding carboxylic acids is 1. The molecular weight excluding hydrogens is 250 g/mol. The Balaban J connectivity index is 1.95. The topological polar surface area (TPSA) is 46.9 Å². The summed E-state index contributed by atoms with van der Waals surface area (Å²) in [6.07, 6.45) is 3.29. The van der Waals surface area contributed by atoms with Gasteiger partial charge in [0.15, 0.2) is 0 Å². The van der Waals surface area contributed by atoms with Crippen molar-refractivity contribution in [2.24, 2.45) is 0 Å². The highest BCUT2D eigenvalue weighted by Crippen LogP contribution is 2.14. The minimum atomic E-state index is 0.0129. The van der Waals surface area contributed by atoms with Crippen molar-refractivity contribution < 1.29 is 4.79 Å². The molecule has 1 N–H and O–H groups in total. The Morgan fingerprint density at radius 3 is 2.85 bits per heavy atom. The number of nitrogens with zero attached hydrogens (tertiary/aromatic N) is 2. The molecule has 0 aliphatic rings. The van der Waals surface area contributed by atoms with E-state index >= 15 is 0 Å². The lowest BCUT2D eigenvalue weighted by atomic mass is 10.1. The second-order valence-electron chi connectivity index (χ2n) is 5.09. The number of hydrogen-bond acceptors (Lipinski definition) is 2. The third-order valence-corrected chi connectivity index (χ3v) is 3.29. The Hall–Kier alpha value is -2.10. The van der Waals surface area contributed by atoms with Crippen molar-refractivity contribution in [1.82, 2.24) is 9.78 Å². The molecule has 2 aromatic rings. The average Bonchev–Trinajstić information content (AvgIpc) is 2.85. The Labute approximate surface area is 119 Å². The molecule has 0 radical (unpaired) electrons. The van der Waals surface area contributed by atoms with E-state index in [1.807, 2.05) is 49.0 Å². The van der Waals surface area contributed by atoms with Gasteiger partial charge in [0.1, 0.15) is 0 Å². The van der Waals surface area contributed by atoms with Crippen LogP contribution in [0.4, 0.5) is 5.69 Å². The van der Waals surface area contributed by atoms with Crippen LogP contribution in [0.25, 0.3) is 0 Å². The summed E-state index contributed by atoms with van der Waals surface area (Å²) in [6.45, 7) is 6.04. The predicted octanol–water partition coefficient (Wildman–Crippen LogP) is 3.34. The van der Waals surface area contributed by atoms with Gasteiger partial charge in [0.05, 0.1) is 11.7 Å². The molecule has 106 valence electrons. The van der Waals surface area contributed by atoms with Gasteiger partial charge in [0.2, 0.25) is 5.91 Å². The molecule has 0 fully saturated rings. The number of aromatic nitrogens is 2. The molecule has 0 saturated heterocycles. The van der Waals surface area contributed by atoms with Crippen molar-refractivity contribution in [3.05, 3.63) is 47.8 Å². The third kappa shape index (κ3) is 3.70. The number of hydrogen-bond donors (Lipinski definition) is 1. The fraction of sp³-hybridized carbons (Fsp3) is 0.375. The summed E-state index contributed by atoms with van der Waals surface area (Å²) < 4.78 is 1.83. The van der Waals surface area contributed by atoms with Crippen molar-refractivity contribution in [2.45, 2.75) is 39.7 Å². The van der Waals surface area contributed by atoms with Gasteiger partial charge in [-0.05, 0) is 44.0 Å². The minimum Gasteiger partial charge on any atom is -0.326 e. The highest BCUT2D eigenvalue weighted by Gasteiger charge is 2.11. The van der Waals surface area contributed by atoms with Crippen LogP contribution in [0.5, 0.6) is 0 Å². The number of rotatable bonds is 5. The maximum atomic E-state index is 12.1. The first-order valence-corrected chi connectivity index (χ1v) is 6.99. The molecule has 0 aliphatic heterocycles. The second kappa shape index (κ2) is 6.37. The van der Waals surface area contributed by atoms with E-state index in [1.165, 1.54) is 5.56 Å². The molecular formula is C16H21N3O. The van der Waals surface area contributed by atoms with E-state index in [-0.39, 0.29) is 11.9 Å². The Morgan fingerprint density at radius 2 is 2.20 bits per heavy atom. The monoisotopic (exact) mass is 271 g/mol. The van der Waals surface area contributed by atoms with Crippen LogP contribution in [-0.4, -0.2) is 15.7 Å². The summed E-state index contributed by atoms with van der Waals surface area (Å²) in [5, 5.41) is 7.28. The summed E-state index contributed by atoms with van der Waals surface area (Å²) in [5.41, 5.74) is 3.05. The quantitative estimate of drug-likeness (QED) is 0.906. The van der Waals surface area contributed by atoms with Crippen LogP contribution >= 0.6 is 0 Å². The highest BCUT2D eigenvalue weighted by atomic mass is 16.1. The van der Waals surface area contributed by atoms with Gasteiger partial charge in [0, 0.05) is 18.3 Å². The molecule has 1 amide bonds. The molecule has 20 heavy (non-hydrogen) atoms. The summed E-state index contributed by atoms with van der Waals surface area (Å²) >= 11 is 0. The average molecular weight is 271 g/mol. The number of benzene rings is 1. The first-order chi connectivity index (χ1) is 9.58. The Morgan fingerprint density at radius 1 is 1.40 bits per heavy atom. The molecule has 1 heterocycles. The molecule has 0 bridgehead atoms. The fourth-order valence-corrected chi connectivity index (χ4v) is 2.12. The highest BCUT2D eigenvalue weighted by molar-refractivity contribution is 5.91. The molecule has 1 aromatic heterocycles. The maximum Gasteiger partial charge on any atom is 0.226 e. The Kier molecular flexibility index (Phi) is 4.56. The molecule has 0 saturated carbocycles. The lowest BCUT2D eigenvalue weighted by Gasteiger charge is -2.12. The van der Waals surface area contributed by atoms with Crippen molar-refractivity contribution in [3.8, 4) is 0 Å². The van der Waals surface area contributed by atoms with Crippen LogP contribution < -0.4 is 5.32 Å². The molecule has 0 spiro atoms. The zero-order valence-corrected chi connectivity index (χ0v) is 12.3. The van der Waals surface area contributed by atoms with Gasteiger partial charge < -0.3 is 5.32 Å². The lowest BCUT2D eigenvalue weighted by molar-refractivity contribution is -0.116. The first kappa shape index (κ1) is 14.3. The van der Waals surface area contributed by atoms with Crippen LogP contribution in [0.1, 0.15) is 37.6 Å². The van der Waals surface area contributed by atoms with Crippen LogP contribution in [0.2, 0.25) is 0 Å². The number of carbonyl (C=O) groups is 1. The third-order valence-electron chi connectivity index (χ3n) is 3.29. The molecule has 0 aliphatic carbocycles. The van der Waals surface area contributed by atoms with Gasteiger partial charge in [-0.15, -0.1) is 0 Å². The van der Waals surface area contributed by atoms with E-state index < -0.39 is 0 Å². The van der Waals surface area contributed by atoms with Gasteiger partial charge in [-0.2, -0.15) is 5.10 Å². The number of amides is 1. The smallest absolute Gasteiger partial charge is 0.226 e. The fourth-order valence-electron chi connectivity index (χ4n) is 2.12. The molecule has 1 unspecified atom stereocenters. The van der Waals surface area contributed by atoms with Crippen molar-refractivity contribution >= 4 is 11.6 Å². The van der Waals surface area contributed by atoms with Gasteiger partial charge in [-0.3, -0.25) is 9.48 Å². The number of aryl methyl sites for hydroxylation is 2. The van der Waals surface area contributed by atoms with Crippen molar-refractivity contribution in [2.75, 3.05) is 5.32 Å². The van der Waals surface area contributed by atoms with Crippen LogP contribution in [0.3, 0.4) is 0 Å². The number of nitrogens with one attached hydrogen (secondary N) is 1. The zero-order valence-electron chi connectivity index (χ0n) is 12.3. The Bertz CT molecular complexity index is 589. The maximum absolute atomic E-state index is 12.1. The zero-order chi connectivity index (χ0) is 14.5. The van der Waals surface area contributed by atoms with Crippen LogP contribution in [-0.2, 0) is 11.2 Å². The summed E-state index contributed by atoms with van der Waals surface area (Å²) in [6, 6.07) is 9.96. The van der Waals surface area contributed by atoms with Crippen LogP contribution in [0, 0.1) is 6.92 Å². The van der Waals surface area contributed by atoms with E-state index in [1.54, 1.807) is 0 Å².